The van der Waals surface area contributed by atoms with Crippen molar-refractivity contribution in [3.8, 4) is 0 Å². The molecule has 1 nitrogen and oxygen atoms in total. The summed E-state index contributed by atoms with van der Waals surface area (Å²) in [5.74, 6) is 0. The van der Waals surface area contributed by atoms with Crippen LogP contribution in [0.3, 0.4) is 0 Å². The number of hydrogen-bond acceptors (Lipinski definition) is 1. The van der Waals surface area contributed by atoms with Gasteiger partial charge in [0.2, 0.25) is 0 Å². The predicted molar refractivity (Wildman–Crippen MR) is 89.4 cm³/mol. The molecule has 2 heteroatoms. The Morgan fingerprint density at radius 2 is 1.70 bits per heavy atom. The lowest BCUT2D eigenvalue weighted by Crippen LogP contribution is -2.41. The summed E-state index contributed by atoms with van der Waals surface area (Å²) in [6, 6.07) is 8.99. The van der Waals surface area contributed by atoms with Gasteiger partial charge in [0.25, 0.3) is 0 Å². The zero-order valence-electron chi connectivity index (χ0n) is 12.4. The minimum absolute atomic E-state index is 0.531. The van der Waals surface area contributed by atoms with Crippen molar-refractivity contribution in [3.63, 3.8) is 0 Å². The molecule has 110 valence electrons. The summed E-state index contributed by atoms with van der Waals surface area (Å²) in [7, 11) is 0. The molecule has 1 aromatic rings. The molecule has 0 N–H and O–H groups in total. The first kappa shape index (κ1) is 14.6. The smallest absolute Gasteiger partial charge is 0.0236 e. The highest BCUT2D eigenvalue weighted by atomic mass is 79.9. The fraction of sp³-hybridized carbons (Fsp3) is 0.667. The SMILES string of the molecule is BrCC1(CN2CCc3ccccc3C2)CCCCCC1. The summed E-state index contributed by atoms with van der Waals surface area (Å²) < 4.78 is 0. The molecule has 0 bridgehead atoms. The highest BCUT2D eigenvalue weighted by molar-refractivity contribution is 9.09. The molecule has 1 heterocycles. The van der Waals surface area contributed by atoms with Crippen molar-refractivity contribution in [2.24, 2.45) is 5.41 Å². The van der Waals surface area contributed by atoms with Crippen molar-refractivity contribution in [1.82, 2.24) is 4.90 Å². The standard InChI is InChI=1S/C18H26BrN/c19-14-18(10-5-1-2-6-11-18)15-20-12-9-16-7-3-4-8-17(16)13-20/h3-4,7-8H,1-2,5-6,9-15H2. The van der Waals surface area contributed by atoms with E-state index in [1.54, 1.807) is 11.1 Å². The minimum Gasteiger partial charge on any atom is -0.298 e. The van der Waals surface area contributed by atoms with Gasteiger partial charge in [0.05, 0.1) is 0 Å². The lowest BCUT2D eigenvalue weighted by molar-refractivity contribution is 0.140. The number of fused-ring (bicyclic) bond motifs is 1. The van der Waals surface area contributed by atoms with E-state index in [1.807, 2.05) is 0 Å². The molecule has 1 aliphatic carbocycles. The molecule has 2 aliphatic rings. The Morgan fingerprint density at radius 3 is 2.40 bits per heavy atom. The van der Waals surface area contributed by atoms with Crippen LogP contribution in [0.2, 0.25) is 0 Å². The maximum absolute atomic E-state index is 3.83. The first-order chi connectivity index (χ1) is 9.81. The van der Waals surface area contributed by atoms with Crippen molar-refractivity contribution in [2.75, 3.05) is 18.4 Å². The van der Waals surface area contributed by atoms with Crippen LogP contribution in [0.25, 0.3) is 0 Å². The highest BCUT2D eigenvalue weighted by Gasteiger charge is 2.32. The molecule has 20 heavy (non-hydrogen) atoms. The normalized spacial score (nSPS) is 23.1. The van der Waals surface area contributed by atoms with Gasteiger partial charge in [-0.1, -0.05) is 65.9 Å². The second-order valence-electron chi connectivity index (χ2n) is 6.78. The summed E-state index contributed by atoms with van der Waals surface area (Å²) in [6.07, 6.45) is 9.79. The molecule has 1 saturated carbocycles. The van der Waals surface area contributed by atoms with E-state index in [1.165, 1.54) is 63.4 Å². The molecule has 0 radical (unpaired) electrons. The fourth-order valence-corrected chi connectivity index (χ4v) is 4.71. The molecule has 0 saturated heterocycles. The maximum Gasteiger partial charge on any atom is 0.0236 e. The molecule has 0 spiro atoms. The van der Waals surface area contributed by atoms with Crippen molar-refractivity contribution >= 4 is 15.9 Å². The molecule has 1 aliphatic heterocycles. The summed E-state index contributed by atoms with van der Waals surface area (Å²) in [5.41, 5.74) is 3.65. The highest BCUT2D eigenvalue weighted by Crippen LogP contribution is 2.38. The lowest BCUT2D eigenvalue weighted by atomic mass is 9.81. The molecule has 0 unspecified atom stereocenters. The van der Waals surface area contributed by atoms with Gasteiger partial charge in [0.1, 0.15) is 0 Å². The lowest BCUT2D eigenvalue weighted by Gasteiger charge is -2.39. The van der Waals surface area contributed by atoms with Crippen LogP contribution in [0.5, 0.6) is 0 Å². The third-order valence-corrected chi connectivity index (χ3v) is 6.41. The van der Waals surface area contributed by atoms with Crippen LogP contribution in [-0.2, 0) is 13.0 Å². The molecule has 0 aromatic heterocycles. The van der Waals surface area contributed by atoms with Crippen LogP contribution < -0.4 is 0 Å². The zero-order valence-corrected chi connectivity index (χ0v) is 14.0. The van der Waals surface area contributed by atoms with Crippen molar-refractivity contribution in [2.45, 2.75) is 51.5 Å². The topological polar surface area (TPSA) is 3.24 Å². The first-order valence-corrected chi connectivity index (χ1v) is 9.29. The van der Waals surface area contributed by atoms with Gasteiger partial charge < -0.3 is 0 Å². The van der Waals surface area contributed by atoms with E-state index >= 15 is 0 Å². The van der Waals surface area contributed by atoms with Crippen molar-refractivity contribution < 1.29 is 0 Å². The largest absolute Gasteiger partial charge is 0.298 e. The van der Waals surface area contributed by atoms with Gasteiger partial charge in [0.15, 0.2) is 0 Å². The molecule has 0 atom stereocenters. The van der Waals surface area contributed by atoms with Crippen LogP contribution >= 0.6 is 15.9 Å². The van der Waals surface area contributed by atoms with E-state index in [9.17, 15) is 0 Å². The van der Waals surface area contributed by atoms with Crippen LogP contribution in [0, 0.1) is 5.41 Å². The van der Waals surface area contributed by atoms with Crippen molar-refractivity contribution in [1.29, 1.82) is 0 Å². The second kappa shape index (κ2) is 6.62. The summed E-state index contributed by atoms with van der Waals surface area (Å²) in [6.45, 7) is 3.68. The molecule has 0 amide bonds. The van der Waals surface area contributed by atoms with Gasteiger partial charge in [-0.15, -0.1) is 0 Å². The first-order valence-electron chi connectivity index (χ1n) is 8.16. The monoisotopic (exact) mass is 335 g/mol. The Kier molecular flexibility index (Phi) is 4.83. The fourth-order valence-electron chi connectivity index (χ4n) is 3.98. The minimum atomic E-state index is 0.531. The van der Waals surface area contributed by atoms with Crippen LogP contribution in [0.15, 0.2) is 24.3 Å². The Bertz CT molecular complexity index is 435. The molecule has 1 fully saturated rings. The van der Waals surface area contributed by atoms with Gasteiger partial charge in [0, 0.05) is 25.0 Å². The van der Waals surface area contributed by atoms with E-state index in [4.69, 9.17) is 0 Å². The molecular weight excluding hydrogens is 310 g/mol. The average molecular weight is 336 g/mol. The maximum atomic E-state index is 3.83. The van der Waals surface area contributed by atoms with E-state index in [2.05, 4.69) is 45.1 Å². The Hall–Kier alpha value is -0.340. The van der Waals surface area contributed by atoms with Gasteiger partial charge in [-0.25, -0.2) is 0 Å². The van der Waals surface area contributed by atoms with Gasteiger partial charge in [-0.2, -0.15) is 0 Å². The van der Waals surface area contributed by atoms with Crippen LogP contribution in [0.1, 0.15) is 49.7 Å². The van der Waals surface area contributed by atoms with Gasteiger partial charge >= 0.3 is 0 Å². The third kappa shape index (κ3) is 3.28. The zero-order chi connectivity index (χ0) is 13.8. The van der Waals surface area contributed by atoms with Gasteiger partial charge in [-0.05, 0) is 35.8 Å². The van der Waals surface area contributed by atoms with E-state index in [0.29, 0.717) is 5.41 Å². The van der Waals surface area contributed by atoms with E-state index in [0.717, 1.165) is 6.54 Å². The number of benzene rings is 1. The Balaban J connectivity index is 1.68. The number of nitrogens with zero attached hydrogens (tertiary/aromatic N) is 1. The van der Waals surface area contributed by atoms with E-state index in [-0.39, 0.29) is 0 Å². The summed E-state index contributed by atoms with van der Waals surface area (Å²) in [4.78, 5) is 2.70. The van der Waals surface area contributed by atoms with Crippen LogP contribution in [0.4, 0.5) is 0 Å². The average Bonchev–Trinajstić information content (AvgIpc) is 2.73. The quantitative estimate of drug-likeness (QED) is 0.567. The van der Waals surface area contributed by atoms with E-state index < -0.39 is 0 Å². The Labute approximate surface area is 131 Å². The number of halogens is 1. The molecule has 1 aromatic carbocycles. The number of rotatable bonds is 3. The third-order valence-electron chi connectivity index (χ3n) is 5.22. The molecular formula is C18H26BrN. The van der Waals surface area contributed by atoms with Gasteiger partial charge in [-0.3, -0.25) is 4.90 Å². The number of alkyl halides is 1. The number of hydrogen-bond donors (Lipinski definition) is 0. The summed E-state index contributed by atoms with van der Waals surface area (Å²) in [5, 5.41) is 1.18. The molecule has 3 rings (SSSR count). The predicted octanol–water partition coefficient (Wildman–Crippen LogP) is 4.78. The van der Waals surface area contributed by atoms with Crippen LogP contribution in [-0.4, -0.2) is 23.3 Å². The Morgan fingerprint density at radius 1 is 1.00 bits per heavy atom. The second-order valence-corrected chi connectivity index (χ2v) is 7.34. The summed E-state index contributed by atoms with van der Waals surface area (Å²) >= 11 is 3.83. The van der Waals surface area contributed by atoms with Crippen molar-refractivity contribution in [3.05, 3.63) is 35.4 Å².